The van der Waals surface area contributed by atoms with E-state index in [1.165, 1.54) is 17.4 Å². The molecule has 7 nitrogen and oxygen atoms in total. The summed E-state index contributed by atoms with van der Waals surface area (Å²) in [5.41, 5.74) is 1.58. The summed E-state index contributed by atoms with van der Waals surface area (Å²) < 4.78 is 26.5. The average Bonchev–Trinajstić information content (AvgIpc) is 3.22. The van der Waals surface area contributed by atoms with E-state index in [1.54, 1.807) is 17.2 Å². The Morgan fingerprint density at radius 3 is 2.58 bits per heavy atom. The van der Waals surface area contributed by atoms with E-state index >= 15 is 0 Å². The van der Waals surface area contributed by atoms with Crippen molar-refractivity contribution in [3.8, 4) is 0 Å². The van der Waals surface area contributed by atoms with Crippen molar-refractivity contribution in [3.63, 3.8) is 0 Å². The second-order valence-electron chi connectivity index (χ2n) is 8.34. The summed E-state index contributed by atoms with van der Waals surface area (Å²) in [6.07, 6.45) is 2.06. The lowest BCUT2D eigenvalue weighted by atomic mass is 10.1. The Kier molecular flexibility index (Phi) is 6.83. The van der Waals surface area contributed by atoms with E-state index in [1.807, 2.05) is 13.0 Å². The Bertz CT molecular complexity index is 1140. The third kappa shape index (κ3) is 5.62. The number of rotatable bonds is 5. The first-order valence-corrected chi connectivity index (χ1v) is 11.6. The van der Waals surface area contributed by atoms with Gasteiger partial charge in [-0.15, -0.1) is 11.3 Å². The number of nitrogens with one attached hydrogen (secondary N) is 1. The number of hydrogen-bond donors (Lipinski definition) is 1. The minimum atomic E-state index is -0.873. The second kappa shape index (κ2) is 9.78. The number of anilines is 2. The molecular weight excluding hydrogens is 446 g/mol. The first-order chi connectivity index (χ1) is 15.8. The molecule has 1 aliphatic heterocycles. The molecule has 0 aliphatic carbocycles. The zero-order chi connectivity index (χ0) is 23.5. The molecule has 2 aromatic heterocycles. The van der Waals surface area contributed by atoms with Crippen LogP contribution in [0.2, 0.25) is 0 Å². The van der Waals surface area contributed by atoms with Crippen LogP contribution >= 0.6 is 11.3 Å². The highest BCUT2D eigenvalue weighted by Crippen LogP contribution is 2.23. The van der Waals surface area contributed by atoms with Gasteiger partial charge >= 0.3 is 6.03 Å². The van der Waals surface area contributed by atoms with Crippen molar-refractivity contribution >= 4 is 28.3 Å². The maximum Gasteiger partial charge on any atom is 0.323 e. The number of urea groups is 1. The molecule has 1 aliphatic rings. The Morgan fingerprint density at radius 1 is 1.12 bits per heavy atom. The van der Waals surface area contributed by atoms with Gasteiger partial charge in [0.1, 0.15) is 11.6 Å². The van der Waals surface area contributed by atoms with Gasteiger partial charge in [0.15, 0.2) is 16.8 Å². The molecule has 0 atom stereocenters. The van der Waals surface area contributed by atoms with Crippen molar-refractivity contribution in [3.05, 3.63) is 64.1 Å². The van der Waals surface area contributed by atoms with Crippen molar-refractivity contribution in [2.75, 3.05) is 36.4 Å². The van der Waals surface area contributed by atoms with Gasteiger partial charge in [-0.05, 0) is 24.6 Å². The summed E-state index contributed by atoms with van der Waals surface area (Å²) in [5, 5.41) is 3.32. The number of carbonyl (C=O) groups excluding carboxylic acids is 1. The Morgan fingerprint density at radius 2 is 1.88 bits per heavy atom. The van der Waals surface area contributed by atoms with Crippen molar-refractivity contribution in [1.82, 2.24) is 19.9 Å². The van der Waals surface area contributed by atoms with Crippen molar-refractivity contribution in [2.24, 2.45) is 0 Å². The fourth-order valence-corrected chi connectivity index (χ4v) is 4.44. The third-order valence-corrected chi connectivity index (χ3v) is 6.31. The highest BCUT2D eigenvalue weighted by molar-refractivity contribution is 7.15. The van der Waals surface area contributed by atoms with Gasteiger partial charge in [-0.2, -0.15) is 0 Å². The van der Waals surface area contributed by atoms with Crippen LogP contribution in [0.5, 0.6) is 0 Å². The van der Waals surface area contributed by atoms with Crippen LogP contribution in [0.4, 0.5) is 24.5 Å². The Labute approximate surface area is 195 Å². The maximum atomic E-state index is 13.4. The number of benzene rings is 1. The van der Waals surface area contributed by atoms with Gasteiger partial charge in [0.05, 0.1) is 0 Å². The number of halogens is 2. The minimum absolute atomic E-state index is 0.204. The summed E-state index contributed by atoms with van der Waals surface area (Å²) >= 11 is 1.32. The number of thiazole rings is 1. The number of amides is 2. The zero-order valence-electron chi connectivity index (χ0n) is 18.8. The summed E-state index contributed by atoms with van der Waals surface area (Å²) in [6, 6.07) is 5.60. The highest BCUT2D eigenvalue weighted by atomic mass is 32.1. The standard InChI is InChI=1S/C23H26F2N6OS/c1-14(2)21-27-15(3)10-20(28-21)30-6-8-31(9-7-30)23(32)29-22-26-13-17(33-22)11-16-4-5-18(24)19(25)12-16/h4-5,10,12-14H,6-9,11H2,1-3H3,(H,26,29,32). The first-order valence-electron chi connectivity index (χ1n) is 10.8. The molecule has 174 valence electrons. The van der Waals surface area contributed by atoms with Gasteiger partial charge in [-0.3, -0.25) is 5.32 Å². The lowest BCUT2D eigenvalue weighted by Crippen LogP contribution is -2.50. The molecular formula is C23H26F2N6OS. The van der Waals surface area contributed by atoms with E-state index in [2.05, 4.69) is 39.0 Å². The van der Waals surface area contributed by atoms with Crippen molar-refractivity contribution in [1.29, 1.82) is 0 Å². The normalized spacial score (nSPS) is 14.1. The molecule has 1 N–H and O–H groups in total. The van der Waals surface area contributed by atoms with Crippen molar-refractivity contribution < 1.29 is 13.6 Å². The van der Waals surface area contributed by atoms with Gasteiger partial charge in [0.25, 0.3) is 0 Å². The molecule has 0 saturated carbocycles. The van der Waals surface area contributed by atoms with E-state index in [4.69, 9.17) is 0 Å². The van der Waals surface area contributed by atoms with Crippen LogP contribution in [0.1, 0.15) is 41.7 Å². The second-order valence-corrected chi connectivity index (χ2v) is 9.46. The van der Waals surface area contributed by atoms with E-state index in [-0.39, 0.29) is 11.9 Å². The van der Waals surface area contributed by atoms with Gasteiger partial charge < -0.3 is 9.80 Å². The van der Waals surface area contributed by atoms with Crippen LogP contribution in [-0.4, -0.2) is 52.1 Å². The number of carbonyl (C=O) groups is 1. The molecule has 0 radical (unpaired) electrons. The van der Waals surface area contributed by atoms with Crippen LogP contribution < -0.4 is 10.2 Å². The monoisotopic (exact) mass is 472 g/mol. The number of aryl methyl sites for hydroxylation is 1. The molecule has 0 bridgehead atoms. The molecule has 1 saturated heterocycles. The third-order valence-electron chi connectivity index (χ3n) is 5.40. The van der Waals surface area contributed by atoms with E-state index in [9.17, 15) is 13.6 Å². The van der Waals surface area contributed by atoms with Gasteiger partial charge in [0, 0.05) is 61.4 Å². The fourth-order valence-electron chi connectivity index (χ4n) is 3.60. The van der Waals surface area contributed by atoms with E-state index in [0.717, 1.165) is 28.3 Å². The van der Waals surface area contributed by atoms with E-state index < -0.39 is 11.6 Å². The number of hydrogen-bond acceptors (Lipinski definition) is 6. The molecule has 1 fully saturated rings. The van der Waals surface area contributed by atoms with Gasteiger partial charge in [-0.25, -0.2) is 28.5 Å². The van der Waals surface area contributed by atoms with Crippen LogP contribution in [0.25, 0.3) is 0 Å². The number of piperazine rings is 1. The number of aromatic nitrogens is 3. The SMILES string of the molecule is Cc1cc(N2CCN(C(=O)Nc3ncc(Cc4ccc(F)c(F)c4)s3)CC2)nc(C(C)C)n1. The molecule has 4 rings (SSSR count). The zero-order valence-corrected chi connectivity index (χ0v) is 19.6. The Hall–Kier alpha value is -3.14. The van der Waals surface area contributed by atoms with Crippen LogP contribution in [0.15, 0.2) is 30.5 Å². The smallest absolute Gasteiger partial charge is 0.323 e. The van der Waals surface area contributed by atoms with Gasteiger partial charge in [-0.1, -0.05) is 19.9 Å². The van der Waals surface area contributed by atoms with Crippen LogP contribution in [-0.2, 0) is 6.42 Å². The van der Waals surface area contributed by atoms with E-state index in [0.29, 0.717) is 43.3 Å². The summed E-state index contributed by atoms with van der Waals surface area (Å²) in [7, 11) is 0. The van der Waals surface area contributed by atoms with Crippen molar-refractivity contribution in [2.45, 2.75) is 33.1 Å². The summed E-state index contributed by atoms with van der Waals surface area (Å²) in [4.78, 5) is 30.9. The average molecular weight is 473 g/mol. The molecule has 0 unspecified atom stereocenters. The Balaban J connectivity index is 1.32. The summed E-state index contributed by atoms with van der Waals surface area (Å²) in [6.45, 7) is 8.61. The molecule has 3 aromatic rings. The largest absolute Gasteiger partial charge is 0.353 e. The minimum Gasteiger partial charge on any atom is -0.353 e. The van der Waals surface area contributed by atoms with Crippen LogP contribution in [0, 0.1) is 18.6 Å². The number of nitrogens with zero attached hydrogens (tertiary/aromatic N) is 5. The maximum absolute atomic E-state index is 13.4. The molecule has 1 aromatic carbocycles. The molecule has 3 heterocycles. The predicted octanol–water partition coefficient (Wildman–Crippen LogP) is 4.59. The quantitative estimate of drug-likeness (QED) is 0.588. The lowest BCUT2D eigenvalue weighted by Gasteiger charge is -2.35. The highest BCUT2D eigenvalue weighted by Gasteiger charge is 2.23. The first kappa shape index (κ1) is 23.0. The molecule has 0 spiro atoms. The van der Waals surface area contributed by atoms with Gasteiger partial charge in [0.2, 0.25) is 0 Å². The lowest BCUT2D eigenvalue weighted by molar-refractivity contribution is 0.208. The molecule has 2 amide bonds. The fraction of sp³-hybridized carbons (Fsp3) is 0.391. The van der Waals surface area contributed by atoms with Crippen LogP contribution in [0.3, 0.4) is 0 Å². The molecule has 33 heavy (non-hydrogen) atoms. The summed E-state index contributed by atoms with van der Waals surface area (Å²) in [5.74, 6) is 0.232. The topological polar surface area (TPSA) is 74.2 Å². The molecule has 10 heteroatoms. The predicted molar refractivity (Wildman–Crippen MR) is 125 cm³/mol.